The van der Waals surface area contributed by atoms with E-state index >= 15 is 0 Å². The first-order valence-corrected chi connectivity index (χ1v) is 10.3. The van der Waals surface area contributed by atoms with Gasteiger partial charge in [-0.3, -0.25) is 9.00 Å². The lowest BCUT2D eigenvalue weighted by Gasteiger charge is -2.11. The quantitative estimate of drug-likeness (QED) is 0.714. The molecule has 0 unspecified atom stereocenters. The number of fused-ring (bicyclic) bond motifs is 1. The number of benzene rings is 2. The summed E-state index contributed by atoms with van der Waals surface area (Å²) in [5.74, 6) is 1.15. The van der Waals surface area contributed by atoms with E-state index < -0.39 is 10.8 Å². The van der Waals surface area contributed by atoms with E-state index in [1.807, 2.05) is 6.92 Å². The summed E-state index contributed by atoms with van der Waals surface area (Å²) in [6, 6.07) is 12.7. The van der Waals surface area contributed by atoms with Crippen molar-refractivity contribution in [3.8, 4) is 11.4 Å². The first-order valence-electron chi connectivity index (χ1n) is 8.81. The monoisotopic (exact) mass is 399 g/mol. The summed E-state index contributed by atoms with van der Waals surface area (Å²) in [6.07, 6.45) is 0. The zero-order valence-corrected chi connectivity index (χ0v) is 16.0. The molecule has 0 spiro atoms. The Balaban J connectivity index is 1.67. The van der Waals surface area contributed by atoms with E-state index in [1.54, 1.807) is 41.1 Å². The zero-order chi connectivity index (χ0) is 19.7. The van der Waals surface area contributed by atoms with E-state index in [1.165, 1.54) is 12.1 Å². The van der Waals surface area contributed by atoms with E-state index in [2.05, 4.69) is 10.4 Å². The summed E-state index contributed by atoms with van der Waals surface area (Å²) in [4.78, 5) is 12.8. The number of amides is 1. The average Bonchev–Trinajstić information content (AvgIpc) is 3.20. The fourth-order valence-electron chi connectivity index (χ4n) is 3.07. The van der Waals surface area contributed by atoms with Crippen molar-refractivity contribution in [1.29, 1.82) is 0 Å². The molecule has 0 fully saturated rings. The molecule has 1 N–H and O–H groups in total. The molecule has 1 aliphatic heterocycles. The van der Waals surface area contributed by atoms with Gasteiger partial charge in [0.25, 0.3) is 5.91 Å². The summed E-state index contributed by atoms with van der Waals surface area (Å²) >= 11 is 0. The molecule has 4 rings (SSSR count). The van der Waals surface area contributed by atoms with Crippen LogP contribution in [0.1, 0.15) is 28.5 Å². The van der Waals surface area contributed by atoms with Gasteiger partial charge in [0.15, 0.2) is 0 Å². The highest BCUT2D eigenvalue weighted by atomic mass is 32.2. The molecule has 0 saturated carbocycles. The molecule has 1 atom stereocenters. The smallest absolute Gasteiger partial charge is 0.256 e. The minimum atomic E-state index is -1.04. The van der Waals surface area contributed by atoms with Crippen LogP contribution in [-0.4, -0.2) is 26.5 Å². The predicted octanol–water partition coefficient (Wildman–Crippen LogP) is 3.42. The van der Waals surface area contributed by atoms with Crippen molar-refractivity contribution in [2.45, 2.75) is 18.4 Å². The Labute approximate surface area is 163 Å². The Morgan fingerprint density at radius 3 is 2.57 bits per heavy atom. The molecular weight excluding hydrogens is 381 g/mol. The largest absolute Gasteiger partial charge is 0.494 e. The topological polar surface area (TPSA) is 73.2 Å². The highest BCUT2D eigenvalue weighted by Crippen LogP contribution is 2.31. The highest BCUT2D eigenvalue weighted by Gasteiger charge is 2.28. The molecule has 2 heterocycles. The molecule has 144 valence electrons. The number of carbonyl (C=O) groups excluding carboxylic acids is 1. The first kappa shape index (κ1) is 18.4. The molecule has 1 amide bonds. The molecule has 1 aromatic heterocycles. The van der Waals surface area contributed by atoms with Gasteiger partial charge in [-0.25, -0.2) is 9.07 Å². The normalized spacial score (nSPS) is 15.3. The van der Waals surface area contributed by atoms with Crippen molar-refractivity contribution in [2.75, 3.05) is 11.9 Å². The van der Waals surface area contributed by atoms with Crippen molar-refractivity contribution in [3.63, 3.8) is 0 Å². The average molecular weight is 399 g/mol. The van der Waals surface area contributed by atoms with Gasteiger partial charge < -0.3 is 10.1 Å². The zero-order valence-electron chi connectivity index (χ0n) is 15.1. The number of hydrogen-bond donors (Lipinski definition) is 1. The number of hydrogen-bond acceptors (Lipinski definition) is 4. The van der Waals surface area contributed by atoms with Crippen molar-refractivity contribution >= 4 is 22.5 Å². The SMILES string of the molecule is CCOc1ccc(C(=O)Nc2c3c(nn2-c2ccc(F)cc2)C[S@](=O)C3)cc1. The number of nitrogens with zero attached hydrogens (tertiary/aromatic N) is 2. The molecular formula is C20H18FN3O3S. The second-order valence-electron chi connectivity index (χ2n) is 6.30. The summed E-state index contributed by atoms with van der Waals surface area (Å²) in [5, 5.41) is 7.38. The van der Waals surface area contributed by atoms with Gasteiger partial charge in [0.05, 0.1) is 29.5 Å². The van der Waals surface area contributed by atoms with Crippen LogP contribution in [0.4, 0.5) is 10.2 Å². The maximum atomic E-state index is 13.3. The van der Waals surface area contributed by atoms with Crippen LogP contribution in [0.25, 0.3) is 5.69 Å². The van der Waals surface area contributed by atoms with Gasteiger partial charge in [-0.2, -0.15) is 5.10 Å². The third kappa shape index (κ3) is 3.55. The number of halogens is 1. The van der Waals surface area contributed by atoms with Crippen LogP contribution in [-0.2, 0) is 22.3 Å². The Morgan fingerprint density at radius 2 is 1.89 bits per heavy atom. The van der Waals surface area contributed by atoms with Gasteiger partial charge in [0.2, 0.25) is 0 Å². The highest BCUT2D eigenvalue weighted by molar-refractivity contribution is 7.83. The van der Waals surface area contributed by atoms with Gasteiger partial charge in [0.1, 0.15) is 17.4 Å². The lowest BCUT2D eigenvalue weighted by Crippen LogP contribution is -2.16. The summed E-state index contributed by atoms with van der Waals surface area (Å²) in [7, 11) is -1.04. The Morgan fingerprint density at radius 1 is 1.18 bits per heavy atom. The Hall–Kier alpha value is -3.00. The first-order chi connectivity index (χ1) is 13.5. The minimum Gasteiger partial charge on any atom is -0.494 e. The molecule has 6 nitrogen and oxygen atoms in total. The van der Waals surface area contributed by atoms with E-state index in [0.29, 0.717) is 46.6 Å². The molecule has 0 saturated heterocycles. The van der Waals surface area contributed by atoms with E-state index in [9.17, 15) is 13.4 Å². The van der Waals surface area contributed by atoms with E-state index in [-0.39, 0.29) is 11.7 Å². The van der Waals surface area contributed by atoms with Crippen LogP contribution in [0, 0.1) is 5.82 Å². The Kier molecular flexibility index (Phi) is 4.95. The van der Waals surface area contributed by atoms with Gasteiger partial charge in [-0.05, 0) is 55.5 Å². The molecule has 28 heavy (non-hydrogen) atoms. The number of anilines is 1. The van der Waals surface area contributed by atoms with Crippen LogP contribution in [0.5, 0.6) is 5.75 Å². The third-order valence-corrected chi connectivity index (χ3v) is 5.61. The van der Waals surface area contributed by atoms with E-state index in [4.69, 9.17) is 4.74 Å². The predicted molar refractivity (Wildman–Crippen MR) is 105 cm³/mol. The van der Waals surface area contributed by atoms with Crippen molar-refractivity contribution in [1.82, 2.24) is 9.78 Å². The van der Waals surface area contributed by atoms with Crippen LogP contribution in [0.3, 0.4) is 0 Å². The molecule has 3 aromatic rings. The van der Waals surface area contributed by atoms with Crippen LogP contribution < -0.4 is 10.1 Å². The second kappa shape index (κ2) is 7.55. The van der Waals surface area contributed by atoms with Gasteiger partial charge >= 0.3 is 0 Å². The fourth-order valence-corrected chi connectivity index (χ4v) is 4.34. The molecule has 2 aromatic carbocycles. The lowest BCUT2D eigenvalue weighted by molar-refractivity contribution is 0.102. The van der Waals surface area contributed by atoms with Crippen molar-refractivity contribution in [2.24, 2.45) is 0 Å². The number of ether oxygens (including phenoxy) is 1. The Bertz CT molecular complexity index is 1050. The lowest BCUT2D eigenvalue weighted by atomic mass is 10.2. The van der Waals surface area contributed by atoms with Crippen LogP contribution >= 0.6 is 0 Å². The van der Waals surface area contributed by atoms with Crippen LogP contribution in [0.2, 0.25) is 0 Å². The number of rotatable bonds is 5. The molecule has 0 bridgehead atoms. The molecule has 0 radical (unpaired) electrons. The van der Waals surface area contributed by atoms with Crippen molar-refractivity contribution < 1.29 is 18.1 Å². The van der Waals surface area contributed by atoms with Crippen molar-refractivity contribution in [3.05, 3.63) is 71.2 Å². The number of aromatic nitrogens is 2. The van der Waals surface area contributed by atoms with Gasteiger partial charge in [-0.15, -0.1) is 0 Å². The molecule has 0 aliphatic carbocycles. The minimum absolute atomic E-state index is 0.313. The van der Waals surface area contributed by atoms with Crippen LogP contribution in [0.15, 0.2) is 48.5 Å². The maximum absolute atomic E-state index is 13.3. The fraction of sp³-hybridized carbons (Fsp3) is 0.200. The maximum Gasteiger partial charge on any atom is 0.256 e. The molecule has 1 aliphatic rings. The second-order valence-corrected chi connectivity index (χ2v) is 7.76. The van der Waals surface area contributed by atoms with Gasteiger partial charge in [-0.1, -0.05) is 0 Å². The summed E-state index contributed by atoms with van der Waals surface area (Å²) in [6.45, 7) is 2.44. The summed E-state index contributed by atoms with van der Waals surface area (Å²) in [5.41, 5.74) is 2.51. The number of nitrogens with one attached hydrogen (secondary N) is 1. The standard InChI is InChI=1S/C20H18FN3O3S/c1-2-27-16-9-3-13(4-10-16)20(25)22-19-17-11-28(26)12-18(17)23-24(19)15-7-5-14(21)6-8-15/h3-10H,2,11-12H2,1H3,(H,22,25)/t28-/m1/s1. The summed E-state index contributed by atoms with van der Waals surface area (Å²) < 4.78 is 32.2. The number of carbonyl (C=O) groups is 1. The van der Waals surface area contributed by atoms with E-state index in [0.717, 1.165) is 5.56 Å². The molecule has 8 heteroatoms. The third-order valence-electron chi connectivity index (χ3n) is 4.40. The van der Waals surface area contributed by atoms with Gasteiger partial charge in [0, 0.05) is 21.9 Å².